The fourth-order valence-electron chi connectivity index (χ4n) is 3.46. The monoisotopic (exact) mass is 560 g/mol. The number of anilines is 1. The number of hydrogen-bond donors (Lipinski definition) is 3. The van der Waals surface area contributed by atoms with Crippen LogP contribution in [0.5, 0.6) is 0 Å². The molecule has 4 rings (SSSR count). The van der Waals surface area contributed by atoms with Gasteiger partial charge in [-0.15, -0.1) is 23.1 Å². The largest absolute Gasteiger partial charge is 0.477 e. The van der Waals surface area contributed by atoms with Crippen molar-refractivity contribution in [1.82, 2.24) is 20.2 Å². The number of thiazole rings is 1. The molecule has 2 aliphatic rings. The molecule has 37 heavy (non-hydrogen) atoms. The lowest BCUT2D eigenvalue weighted by atomic mass is 10.0. The van der Waals surface area contributed by atoms with Crippen LogP contribution < -0.4 is 10.6 Å². The van der Waals surface area contributed by atoms with E-state index in [0.29, 0.717) is 17.1 Å². The highest BCUT2D eigenvalue weighted by Crippen LogP contribution is 2.43. The maximum Gasteiger partial charge on any atom is 0.353 e. The first kappa shape index (κ1) is 26.4. The molecule has 2 aromatic rings. The Morgan fingerprint density at radius 3 is 2.86 bits per heavy atom. The van der Waals surface area contributed by atoms with Crippen LogP contribution in [0.4, 0.5) is 5.13 Å². The van der Waals surface area contributed by atoms with Crippen LogP contribution in [-0.4, -0.2) is 74.2 Å². The van der Waals surface area contributed by atoms with Crippen molar-refractivity contribution in [3.63, 3.8) is 0 Å². The summed E-state index contributed by atoms with van der Waals surface area (Å²) < 4.78 is 0. The van der Waals surface area contributed by atoms with Gasteiger partial charge in [0.25, 0.3) is 11.8 Å². The molecule has 1 fully saturated rings. The normalized spacial score (nSPS) is 19.4. The van der Waals surface area contributed by atoms with Crippen LogP contribution in [0.3, 0.4) is 0 Å². The van der Waals surface area contributed by atoms with Crippen molar-refractivity contribution in [3.05, 3.63) is 56.7 Å². The maximum absolute atomic E-state index is 13.0. The Balaban J connectivity index is 1.47. The van der Waals surface area contributed by atoms with E-state index in [1.807, 2.05) is 25.1 Å². The van der Waals surface area contributed by atoms with Crippen molar-refractivity contribution >= 4 is 76.0 Å². The Kier molecular flexibility index (Phi) is 8.25. The Morgan fingerprint density at radius 2 is 2.19 bits per heavy atom. The van der Waals surface area contributed by atoms with E-state index < -0.39 is 29.2 Å². The fraction of sp³-hybridized carbons (Fsp3) is 0.227. The van der Waals surface area contributed by atoms with Crippen LogP contribution in [0, 0.1) is 6.92 Å². The van der Waals surface area contributed by atoms with E-state index in [-0.39, 0.29) is 22.2 Å². The summed E-state index contributed by atoms with van der Waals surface area (Å²) in [5.74, 6) is -2.16. The second-order valence-corrected chi connectivity index (χ2v) is 10.5. The minimum atomic E-state index is -1.23. The zero-order valence-electron chi connectivity index (χ0n) is 19.4. The molecule has 1 saturated heterocycles. The Hall–Kier alpha value is -3.69. The lowest BCUT2D eigenvalue weighted by molar-refractivity contribution is -0.150. The molecule has 0 radical (unpaired) electrons. The van der Waals surface area contributed by atoms with Crippen molar-refractivity contribution < 1.29 is 29.1 Å². The Morgan fingerprint density at radius 1 is 1.38 bits per heavy atom. The third kappa shape index (κ3) is 5.68. The Labute approximate surface area is 223 Å². The molecule has 3 amide bonds. The molecule has 0 aromatic carbocycles. The number of pyridine rings is 1. The van der Waals surface area contributed by atoms with Crippen LogP contribution >= 0.6 is 34.9 Å². The third-order valence-electron chi connectivity index (χ3n) is 5.15. The number of aryl methyl sites for hydroxylation is 1. The number of rotatable bonds is 10. The van der Waals surface area contributed by atoms with Crippen molar-refractivity contribution in [3.8, 4) is 0 Å². The predicted octanol–water partition coefficient (Wildman–Crippen LogP) is 1.87. The number of carboxylic acid groups (broad SMARTS) is 1. The highest BCUT2D eigenvalue weighted by Gasteiger charge is 2.54. The number of nitrogens with zero attached hydrogens (tertiary/aromatic N) is 4. The molecule has 192 valence electrons. The van der Waals surface area contributed by atoms with Gasteiger partial charge in [-0.05, 0) is 30.0 Å². The van der Waals surface area contributed by atoms with Crippen LogP contribution in [0.2, 0.25) is 0 Å². The first-order chi connectivity index (χ1) is 17.8. The molecule has 0 bridgehead atoms. The molecule has 2 aliphatic heterocycles. The zero-order valence-corrected chi connectivity index (χ0v) is 21.9. The summed E-state index contributed by atoms with van der Waals surface area (Å²) in [4.78, 5) is 63.4. The summed E-state index contributed by atoms with van der Waals surface area (Å²) in [7, 11) is 1.25. The number of aliphatic carboxylic acids is 1. The van der Waals surface area contributed by atoms with Gasteiger partial charge in [-0.2, -0.15) is 0 Å². The van der Waals surface area contributed by atoms with Gasteiger partial charge in [0.05, 0.1) is 0 Å². The summed E-state index contributed by atoms with van der Waals surface area (Å²) in [6, 6.07) is 2.82. The number of carboxylic acids is 1. The summed E-state index contributed by atoms with van der Waals surface area (Å²) in [5.41, 5.74) is 1.60. The lowest BCUT2D eigenvalue weighted by Crippen LogP contribution is -2.71. The molecule has 0 saturated carbocycles. The minimum absolute atomic E-state index is 0.106. The van der Waals surface area contributed by atoms with Crippen molar-refractivity contribution in [2.24, 2.45) is 5.16 Å². The number of amides is 3. The molecule has 2 atom stereocenters. The minimum Gasteiger partial charge on any atom is -0.477 e. The van der Waals surface area contributed by atoms with E-state index in [4.69, 9.17) is 4.84 Å². The average Bonchev–Trinajstić information content (AvgIpc) is 3.34. The number of thioether (sulfide) groups is 2. The molecule has 0 aliphatic carbocycles. The van der Waals surface area contributed by atoms with Crippen molar-refractivity contribution in [2.45, 2.75) is 18.3 Å². The molecule has 0 spiro atoms. The highest BCUT2D eigenvalue weighted by atomic mass is 32.2. The van der Waals surface area contributed by atoms with E-state index in [0.717, 1.165) is 22.6 Å². The first-order valence-electron chi connectivity index (χ1n) is 10.6. The number of aromatic nitrogens is 2. The number of hydrogen-bond acceptors (Lipinski definition) is 11. The summed E-state index contributed by atoms with van der Waals surface area (Å²) >= 11 is 3.64. The fourth-order valence-corrected chi connectivity index (χ4v) is 6.47. The summed E-state index contributed by atoms with van der Waals surface area (Å²) in [6.45, 7) is 1.88. The van der Waals surface area contributed by atoms with Gasteiger partial charge in [-0.3, -0.25) is 24.3 Å². The second-order valence-electron chi connectivity index (χ2n) is 7.51. The average molecular weight is 561 g/mol. The second kappa shape index (κ2) is 11.6. The number of nitrogens with one attached hydrogen (secondary N) is 2. The van der Waals surface area contributed by atoms with E-state index >= 15 is 0 Å². The zero-order chi connectivity index (χ0) is 26.5. The standard InChI is InChI=1S/C22H20N6O6S3/c1-11-3-4-12(7-23-11)5-6-35-14-9-36-20-16(19(31)28(20)17(14)21(32)33)26-18(30)15(27-34-2)13-8-37-22(25-13)24-10-29/h3-8,10,16,20H,9H2,1-2H3,(H,26,30)(H,32,33)(H,24,25,29)/b6-5-,27-15?/t16?,20-/m0/s1. The summed E-state index contributed by atoms with van der Waals surface area (Å²) in [5, 5.41) is 21.5. The van der Waals surface area contributed by atoms with Crippen LogP contribution in [-0.2, 0) is 24.0 Å². The smallest absolute Gasteiger partial charge is 0.353 e. The van der Waals surface area contributed by atoms with Gasteiger partial charge in [-0.25, -0.2) is 9.78 Å². The van der Waals surface area contributed by atoms with Crippen LogP contribution in [0.15, 0.2) is 44.9 Å². The van der Waals surface area contributed by atoms with E-state index in [2.05, 4.69) is 25.8 Å². The van der Waals surface area contributed by atoms with Gasteiger partial charge >= 0.3 is 5.97 Å². The predicted molar refractivity (Wildman–Crippen MR) is 141 cm³/mol. The lowest BCUT2D eigenvalue weighted by Gasteiger charge is -2.49. The maximum atomic E-state index is 13.0. The molecule has 1 unspecified atom stereocenters. The molecule has 12 nitrogen and oxygen atoms in total. The number of fused-ring (bicyclic) bond motifs is 1. The topological polar surface area (TPSA) is 163 Å². The number of carbonyl (C=O) groups is 4. The Bertz CT molecular complexity index is 1320. The van der Waals surface area contributed by atoms with Gasteiger partial charge < -0.3 is 20.6 Å². The van der Waals surface area contributed by atoms with Crippen LogP contribution in [0.1, 0.15) is 17.0 Å². The van der Waals surface area contributed by atoms with E-state index in [9.17, 15) is 24.3 Å². The van der Waals surface area contributed by atoms with Crippen LogP contribution in [0.25, 0.3) is 6.08 Å². The molecule has 15 heteroatoms. The SMILES string of the molecule is CON=C(C(=O)NC1C(=O)N2C(C(=O)O)=C(S/C=C\c3ccc(C)nc3)CS[C@@H]12)c1csc(NC=O)n1. The third-order valence-corrected chi connectivity index (χ3v) is 8.28. The van der Waals surface area contributed by atoms with Gasteiger partial charge in [0.1, 0.15) is 29.9 Å². The van der Waals surface area contributed by atoms with E-state index in [1.165, 1.54) is 40.9 Å². The number of β-lactam (4-membered cyclic amide) rings is 1. The van der Waals surface area contributed by atoms with Gasteiger partial charge in [0, 0.05) is 27.9 Å². The quantitative estimate of drug-likeness (QED) is 0.169. The first-order valence-corrected chi connectivity index (χ1v) is 13.4. The van der Waals surface area contributed by atoms with Crippen molar-refractivity contribution in [1.29, 1.82) is 0 Å². The van der Waals surface area contributed by atoms with Crippen molar-refractivity contribution in [2.75, 3.05) is 18.2 Å². The van der Waals surface area contributed by atoms with Gasteiger partial charge in [0.15, 0.2) is 10.8 Å². The number of oxime groups is 1. The molecular formula is C22H20N6O6S3. The van der Waals surface area contributed by atoms with Gasteiger partial charge in [0.2, 0.25) is 6.41 Å². The molecule has 4 heterocycles. The summed E-state index contributed by atoms with van der Waals surface area (Å²) in [6.07, 6.45) is 3.98. The number of carbonyl (C=O) groups excluding carboxylic acids is 3. The molecule has 2 aromatic heterocycles. The molecule has 3 N–H and O–H groups in total. The van der Waals surface area contributed by atoms with Gasteiger partial charge in [-0.1, -0.05) is 23.0 Å². The molecular weight excluding hydrogens is 540 g/mol. The highest BCUT2D eigenvalue weighted by molar-refractivity contribution is 8.08. The van der Waals surface area contributed by atoms with E-state index in [1.54, 1.807) is 11.6 Å².